The molecule has 146 valence electrons. The van der Waals surface area contributed by atoms with E-state index in [1.54, 1.807) is 24.3 Å². The Balaban J connectivity index is 1.79. The van der Waals surface area contributed by atoms with Crippen LogP contribution in [0.5, 0.6) is 5.75 Å². The molecule has 1 atom stereocenters. The van der Waals surface area contributed by atoms with Crippen LogP contribution >= 0.6 is 0 Å². The van der Waals surface area contributed by atoms with Crippen LogP contribution in [0.25, 0.3) is 0 Å². The maximum atomic E-state index is 13.1. The summed E-state index contributed by atoms with van der Waals surface area (Å²) in [6.07, 6.45) is 0.380. The molecule has 0 radical (unpaired) electrons. The zero-order valence-corrected chi connectivity index (χ0v) is 16.1. The van der Waals surface area contributed by atoms with Crippen molar-refractivity contribution in [2.45, 2.75) is 25.8 Å². The number of carbonyl (C=O) groups excluding carboxylic acids is 3. The zero-order valence-electron chi connectivity index (χ0n) is 16.1. The van der Waals surface area contributed by atoms with Gasteiger partial charge in [-0.25, -0.2) is 4.79 Å². The molecular formula is C21H23N3O4. The number of urea groups is 1. The molecule has 1 fully saturated rings. The zero-order chi connectivity index (χ0) is 20.3. The summed E-state index contributed by atoms with van der Waals surface area (Å²) in [4.78, 5) is 39.0. The average molecular weight is 381 g/mol. The minimum absolute atomic E-state index is 0.379. The molecule has 0 spiro atoms. The van der Waals surface area contributed by atoms with Crippen LogP contribution in [0.2, 0.25) is 0 Å². The van der Waals surface area contributed by atoms with Gasteiger partial charge in [0.15, 0.2) is 0 Å². The third kappa shape index (κ3) is 3.43. The summed E-state index contributed by atoms with van der Waals surface area (Å²) in [6, 6.07) is 13.8. The highest BCUT2D eigenvalue weighted by Gasteiger charge is 2.51. The van der Waals surface area contributed by atoms with E-state index in [4.69, 9.17) is 4.74 Å². The summed E-state index contributed by atoms with van der Waals surface area (Å²) in [7, 11) is 1.51. The minimum Gasteiger partial charge on any atom is -0.495 e. The van der Waals surface area contributed by atoms with Crippen LogP contribution in [-0.2, 0) is 15.1 Å². The van der Waals surface area contributed by atoms with Crippen LogP contribution in [0, 0.1) is 6.92 Å². The molecule has 1 saturated heterocycles. The first-order valence-corrected chi connectivity index (χ1v) is 9.05. The molecule has 0 aromatic heterocycles. The van der Waals surface area contributed by atoms with Crippen LogP contribution in [0.1, 0.15) is 24.5 Å². The fourth-order valence-corrected chi connectivity index (χ4v) is 3.38. The molecule has 0 saturated carbocycles. The summed E-state index contributed by atoms with van der Waals surface area (Å²) in [6.45, 7) is 3.34. The number of nitrogens with one attached hydrogen (secondary N) is 2. The number of benzene rings is 2. The van der Waals surface area contributed by atoms with Gasteiger partial charge in [0.05, 0.1) is 12.8 Å². The topological polar surface area (TPSA) is 87.7 Å². The van der Waals surface area contributed by atoms with E-state index < -0.39 is 23.4 Å². The molecule has 0 bridgehead atoms. The number of carbonyl (C=O) groups is 3. The second kappa shape index (κ2) is 7.72. The number of methoxy groups -OCH3 is 1. The molecule has 1 aliphatic rings. The van der Waals surface area contributed by atoms with Gasteiger partial charge in [-0.05, 0) is 36.6 Å². The molecule has 1 aliphatic heterocycles. The van der Waals surface area contributed by atoms with Crippen molar-refractivity contribution in [2.24, 2.45) is 0 Å². The maximum Gasteiger partial charge on any atom is 0.325 e. The van der Waals surface area contributed by atoms with Gasteiger partial charge < -0.3 is 15.4 Å². The quantitative estimate of drug-likeness (QED) is 0.753. The predicted octanol–water partition coefficient (Wildman–Crippen LogP) is 2.80. The van der Waals surface area contributed by atoms with E-state index in [1.807, 2.05) is 38.1 Å². The SMILES string of the molecule is CCC1(c2ccccc2)NC(=O)N(CC(=O)Nc2cc(C)ccc2OC)C1=O. The largest absolute Gasteiger partial charge is 0.495 e. The second-order valence-corrected chi connectivity index (χ2v) is 6.70. The highest BCUT2D eigenvalue weighted by atomic mass is 16.5. The van der Waals surface area contributed by atoms with Gasteiger partial charge in [0.2, 0.25) is 5.91 Å². The van der Waals surface area contributed by atoms with Gasteiger partial charge >= 0.3 is 6.03 Å². The summed E-state index contributed by atoms with van der Waals surface area (Å²) < 4.78 is 5.25. The van der Waals surface area contributed by atoms with E-state index in [0.717, 1.165) is 10.5 Å². The first-order valence-electron chi connectivity index (χ1n) is 9.05. The van der Waals surface area contributed by atoms with Crippen molar-refractivity contribution in [3.05, 3.63) is 59.7 Å². The molecule has 0 aliphatic carbocycles. The standard InChI is InChI=1S/C21H23N3O4/c1-4-21(15-8-6-5-7-9-15)19(26)24(20(27)23-21)13-18(25)22-16-12-14(2)10-11-17(16)28-3/h5-12H,4,13H2,1-3H3,(H,22,25)(H,23,27). The van der Waals surface area contributed by atoms with Gasteiger partial charge in [0, 0.05) is 0 Å². The number of rotatable bonds is 6. The van der Waals surface area contributed by atoms with Gasteiger partial charge in [0.25, 0.3) is 5.91 Å². The second-order valence-electron chi connectivity index (χ2n) is 6.70. The highest BCUT2D eigenvalue weighted by Crippen LogP contribution is 2.32. The van der Waals surface area contributed by atoms with Crippen molar-refractivity contribution in [3.8, 4) is 5.75 Å². The Morgan fingerprint density at radius 1 is 1.18 bits per heavy atom. The lowest BCUT2D eigenvalue weighted by Gasteiger charge is -2.25. The van der Waals surface area contributed by atoms with E-state index in [2.05, 4.69) is 10.6 Å². The fourth-order valence-electron chi connectivity index (χ4n) is 3.38. The Labute approximate surface area is 163 Å². The van der Waals surface area contributed by atoms with Gasteiger partial charge in [-0.1, -0.05) is 43.3 Å². The minimum atomic E-state index is -1.15. The van der Waals surface area contributed by atoms with Crippen molar-refractivity contribution >= 4 is 23.5 Å². The Kier molecular flexibility index (Phi) is 5.35. The lowest BCUT2D eigenvalue weighted by molar-refractivity contribution is -0.134. The van der Waals surface area contributed by atoms with Crippen molar-refractivity contribution in [2.75, 3.05) is 19.0 Å². The molecule has 3 rings (SSSR count). The molecule has 7 nitrogen and oxygen atoms in total. The van der Waals surface area contributed by atoms with Crippen LogP contribution in [0.15, 0.2) is 48.5 Å². The summed E-state index contributed by atoms with van der Waals surface area (Å²) in [5.74, 6) is -0.409. The van der Waals surface area contributed by atoms with Crippen LogP contribution in [-0.4, -0.2) is 36.4 Å². The number of nitrogens with zero attached hydrogens (tertiary/aromatic N) is 1. The summed E-state index contributed by atoms with van der Waals surface area (Å²) in [5, 5.41) is 5.48. The van der Waals surface area contributed by atoms with Crippen LogP contribution in [0.4, 0.5) is 10.5 Å². The Hall–Kier alpha value is -3.35. The van der Waals surface area contributed by atoms with Gasteiger partial charge in [0.1, 0.15) is 17.8 Å². The number of aryl methyl sites for hydroxylation is 1. The molecular weight excluding hydrogens is 358 g/mol. The molecule has 4 amide bonds. The lowest BCUT2D eigenvalue weighted by atomic mass is 9.87. The number of hydrogen-bond donors (Lipinski definition) is 2. The molecule has 7 heteroatoms. The van der Waals surface area contributed by atoms with E-state index in [9.17, 15) is 14.4 Å². The molecule has 2 N–H and O–H groups in total. The normalized spacial score (nSPS) is 18.8. The molecule has 1 unspecified atom stereocenters. The number of amides is 4. The van der Waals surface area contributed by atoms with Gasteiger partial charge in [-0.15, -0.1) is 0 Å². The van der Waals surface area contributed by atoms with Crippen molar-refractivity contribution in [3.63, 3.8) is 0 Å². The highest BCUT2D eigenvalue weighted by molar-refractivity contribution is 6.10. The maximum absolute atomic E-state index is 13.1. The fraction of sp³-hybridized carbons (Fsp3) is 0.286. The summed E-state index contributed by atoms with van der Waals surface area (Å²) >= 11 is 0. The van der Waals surface area contributed by atoms with Gasteiger partial charge in [-0.2, -0.15) is 0 Å². The van der Waals surface area contributed by atoms with Crippen LogP contribution < -0.4 is 15.4 Å². The lowest BCUT2D eigenvalue weighted by Crippen LogP contribution is -2.44. The first kappa shape index (κ1) is 19.4. The Bertz CT molecular complexity index is 913. The smallest absolute Gasteiger partial charge is 0.325 e. The van der Waals surface area contributed by atoms with E-state index >= 15 is 0 Å². The van der Waals surface area contributed by atoms with Crippen molar-refractivity contribution in [1.29, 1.82) is 0 Å². The average Bonchev–Trinajstić information content (AvgIpc) is 2.94. The molecule has 28 heavy (non-hydrogen) atoms. The van der Waals surface area contributed by atoms with Crippen LogP contribution in [0.3, 0.4) is 0 Å². The molecule has 2 aromatic rings. The predicted molar refractivity (Wildman–Crippen MR) is 105 cm³/mol. The number of imide groups is 1. The van der Waals surface area contributed by atoms with Gasteiger partial charge in [-0.3, -0.25) is 14.5 Å². The Morgan fingerprint density at radius 3 is 2.54 bits per heavy atom. The third-order valence-electron chi connectivity index (χ3n) is 4.90. The Morgan fingerprint density at radius 2 is 1.89 bits per heavy atom. The van der Waals surface area contributed by atoms with E-state index in [0.29, 0.717) is 23.4 Å². The number of anilines is 1. The number of hydrogen-bond acceptors (Lipinski definition) is 4. The molecule has 1 heterocycles. The first-order chi connectivity index (χ1) is 13.4. The van der Waals surface area contributed by atoms with Crippen molar-refractivity contribution in [1.82, 2.24) is 10.2 Å². The monoisotopic (exact) mass is 381 g/mol. The third-order valence-corrected chi connectivity index (χ3v) is 4.90. The van der Waals surface area contributed by atoms with E-state index in [-0.39, 0.29) is 6.54 Å². The molecule has 2 aromatic carbocycles. The summed E-state index contributed by atoms with van der Waals surface area (Å²) in [5.41, 5.74) is 0.975. The van der Waals surface area contributed by atoms with E-state index in [1.165, 1.54) is 7.11 Å². The van der Waals surface area contributed by atoms with Crippen molar-refractivity contribution < 1.29 is 19.1 Å². The number of ether oxygens (including phenoxy) is 1.